The molecule has 10 heavy (non-hydrogen) atoms. The lowest BCUT2D eigenvalue weighted by Gasteiger charge is -2.40. The molecule has 0 saturated heterocycles. The standard InChI is InChI=1S/C9H13Cl/c10-7-9-4-1-8(2-5-9)3-6-9/h1,4,8H,2-3,5-7H2. The monoisotopic (exact) mass is 156 g/mol. The molecule has 0 nitrogen and oxygen atoms in total. The van der Waals surface area contributed by atoms with Gasteiger partial charge in [-0.2, -0.15) is 0 Å². The Balaban J connectivity index is 2.22. The molecule has 3 rings (SSSR count). The zero-order valence-corrected chi connectivity index (χ0v) is 6.90. The fraction of sp³-hybridized carbons (Fsp3) is 0.778. The SMILES string of the molecule is ClCC12C=CC(CC1)CC2. The summed E-state index contributed by atoms with van der Waals surface area (Å²) in [7, 11) is 0. The molecule has 0 aliphatic heterocycles. The summed E-state index contributed by atoms with van der Waals surface area (Å²) in [4.78, 5) is 0. The van der Waals surface area contributed by atoms with E-state index >= 15 is 0 Å². The number of rotatable bonds is 1. The van der Waals surface area contributed by atoms with E-state index in [0.717, 1.165) is 11.8 Å². The van der Waals surface area contributed by atoms with Crippen molar-refractivity contribution in [2.45, 2.75) is 25.7 Å². The first-order valence-electron chi connectivity index (χ1n) is 4.10. The van der Waals surface area contributed by atoms with Crippen molar-refractivity contribution < 1.29 is 0 Å². The summed E-state index contributed by atoms with van der Waals surface area (Å²) in [5, 5.41) is 0. The molecule has 3 aliphatic carbocycles. The van der Waals surface area contributed by atoms with Crippen molar-refractivity contribution in [3.63, 3.8) is 0 Å². The Morgan fingerprint density at radius 2 is 2.10 bits per heavy atom. The molecule has 0 aromatic heterocycles. The number of hydrogen-bond donors (Lipinski definition) is 0. The molecule has 0 radical (unpaired) electrons. The second-order valence-corrected chi connectivity index (χ2v) is 3.96. The van der Waals surface area contributed by atoms with E-state index in [4.69, 9.17) is 11.6 Å². The number of hydrogen-bond acceptors (Lipinski definition) is 0. The third kappa shape index (κ3) is 0.897. The minimum absolute atomic E-state index is 0.413. The van der Waals surface area contributed by atoms with Gasteiger partial charge in [-0.25, -0.2) is 0 Å². The third-order valence-electron chi connectivity index (χ3n) is 3.01. The topological polar surface area (TPSA) is 0 Å². The first-order chi connectivity index (χ1) is 4.85. The molecule has 0 N–H and O–H groups in total. The predicted octanol–water partition coefficient (Wildman–Crippen LogP) is 2.97. The molecular formula is C9H13Cl. The van der Waals surface area contributed by atoms with Gasteiger partial charge in [-0.15, -0.1) is 11.6 Å². The largest absolute Gasteiger partial charge is 0.126 e. The summed E-state index contributed by atoms with van der Waals surface area (Å²) in [5.41, 5.74) is 0.413. The van der Waals surface area contributed by atoms with Gasteiger partial charge in [0, 0.05) is 11.3 Å². The van der Waals surface area contributed by atoms with E-state index in [1.165, 1.54) is 25.7 Å². The van der Waals surface area contributed by atoms with E-state index in [0.29, 0.717) is 5.41 Å². The van der Waals surface area contributed by atoms with E-state index in [1.807, 2.05) is 0 Å². The normalized spacial score (nSPS) is 44.3. The third-order valence-corrected chi connectivity index (χ3v) is 3.55. The molecule has 0 spiro atoms. The summed E-state index contributed by atoms with van der Waals surface area (Å²) in [6.45, 7) is 0. The van der Waals surface area contributed by atoms with Crippen LogP contribution in [0.4, 0.5) is 0 Å². The fourth-order valence-electron chi connectivity index (χ4n) is 2.09. The molecule has 3 aliphatic rings. The molecule has 0 aromatic rings. The minimum atomic E-state index is 0.413. The molecule has 56 valence electrons. The van der Waals surface area contributed by atoms with Crippen LogP contribution in [0.5, 0.6) is 0 Å². The predicted molar refractivity (Wildman–Crippen MR) is 44.3 cm³/mol. The van der Waals surface area contributed by atoms with Crippen molar-refractivity contribution in [3.8, 4) is 0 Å². The second kappa shape index (κ2) is 2.27. The van der Waals surface area contributed by atoms with Crippen molar-refractivity contribution in [1.29, 1.82) is 0 Å². The molecule has 0 heterocycles. The quantitative estimate of drug-likeness (QED) is 0.405. The Bertz CT molecular complexity index is 152. The van der Waals surface area contributed by atoms with Crippen LogP contribution in [-0.4, -0.2) is 5.88 Å². The lowest BCUT2D eigenvalue weighted by molar-refractivity contribution is 0.228. The van der Waals surface area contributed by atoms with E-state index < -0.39 is 0 Å². The molecule has 0 aromatic carbocycles. The number of fused-ring (bicyclic) bond motifs is 2. The molecule has 0 amide bonds. The van der Waals surface area contributed by atoms with Crippen LogP contribution >= 0.6 is 11.6 Å². The Hall–Kier alpha value is 0.0300. The van der Waals surface area contributed by atoms with E-state index in [9.17, 15) is 0 Å². The molecule has 0 unspecified atom stereocenters. The van der Waals surface area contributed by atoms with Crippen LogP contribution in [0.2, 0.25) is 0 Å². The molecule has 2 bridgehead atoms. The summed E-state index contributed by atoms with van der Waals surface area (Å²) < 4.78 is 0. The highest BCUT2D eigenvalue weighted by atomic mass is 35.5. The summed E-state index contributed by atoms with van der Waals surface area (Å²) in [6, 6.07) is 0. The van der Waals surface area contributed by atoms with Crippen LogP contribution in [0.3, 0.4) is 0 Å². The Labute approximate surface area is 67.3 Å². The molecule has 1 heteroatoms. The maximum absolute atomic E-state index is 5.91. The van der Waals surface area contributed by atoms with Gasteiger partial charge < -0.3 is 0 Å². The van der Waals surface area contributed by atoms with Gasteiger partial charge in [0.2, 0.25) is 0 Å². The van der Waals surface area contributed by atoms with Crippen molar-refractivity contribution >= 4 is 11.6 Å². The lowest BCUT2D eigenvalue weighted by Crippen LogP contribution is -2.30. The molecule has 0 atom stereocenters. The van der Waals surface area contributed by atoms with Crippen LogP contribution in [-0.2, 0) is 0 Å². The van der Waals surface area contributed by atoms with Crippen molar-refractivity contribution in [3.05, 3.63) is 12.2 Å². The lowest BCUT2D eigenvalue weighted by atomic mass is 9.66. The van der Waals surface area contributed by atoms with Gasteiger partial charge in [0.15, 0.2) is 0 Å². The van der Waals surface area contributed by atoms with Gasteiger partial charge in [0.25, 0.3) is 0 Å². The Kier molecular flexibility index (Phi) is 1.52. The highest BCUT2D eigenvalue weighted by Gasteiger charge is 2.35. The van der Waals surface area contributed by atoms with Crippen molar-refractivity contribution in [1.82, 2.24) is 0 Å². The van der Waals surface area contributed by atoms with Crippen molar-refractivity contribution in [2.75, 3.05) is 5.88 Å². The van der Waals surface area contributed by atoms with Gasteiger partial charge in [0.05, 0.1) is 0 Å². The molecule has 1 saturated carbocycles. The summed E-state index contributed by atoms with van der Waals surface area (Å²) in [5.74, 6) is 1.72. The Morgan fingerprint density at radius 1 is 1.40 bits per heavy atom. The van der Waals surface area contributed by atoms with E-state index in [1.54, 1.807) is 0 Å². The minimum Gasteiger partial charge on any atom is -0.126 e. The number of halogens is 1. The van der Waals surface area contributed by atoms with Crippen LogP contribution in [0, 0.1) is 11.3 Å². The van der Waals surface area contributed by atoms with Gasteiger partial charge in [-0.1, -0.05) is 12.2 Å². The Morgan fingerprint density at radius 3 is 2.40 bits per heavy atom. The first-order valence-corrected chi connectivity index (χ1v) is 4.63. The number of allylic oxidation sites excluding steroid dienone is 2. The zero-order chi connectivity index (χ0) is 7.03. The van der Waals surface area contributed by atoms with Crippen molar-refractivity contribution in [2.24, 2.45) is 11.3 Å². The maximum atomic E-state index is 5.91. The molecule has 1 fully saturated rings. The second-order valence-electron chi connectivity index (χ2n) is 3.69. The fourth-order valence-corrected chi connectivity index (χ4v) is 2.45. The smallest absolute Gasteiger partial charge is 0.0314 e. The molecular weight excluding hydrogens is 144 g/mol. The van der Waals surface area contributed by atoms with E-state index in [-0.39, 0.29) is 0 Å². The van der Waals surface area contributed by atoms with Crippen LogP contribution in [0.25, 0.3) is 0 Å². The number of alkyl halides is 1. The summed E-state index contributed by atoms with van der Waals surface area (Å²) >= 11 is 5.91. The van der Waals surface area contributed by atoms with Crippen LogP contribution < -0.4 is 0 Å². The van der Waals surface area contributed by atoms with Gasteiger partial charge in [-0.3, -0.25) is 0 Å². The van der Waals surface area contributed by atoms with Crippen LogP contribution in [0.1, 0.15) is 25.7 Å². The van der Waals surface area contributed by atoms with Gasteiger partial charge in [0.1, 0.15) is 0 Å². The summed E-state index contributed by atoms with van der Waals surface area (Å²) in [6.07, 6.45) is 10.1. The highest BCUT2D eigenvalue weighted by molar-refractivity contribution is 6.18. The average molecular weight is 157 g/mol. The first kappa shape index (κ1) is 6.72. The maximum Gasteiger partial charge on any atom is 0.0314 e. The van der Waals surface area contributed by atoms with Crippen LogP contribution in [0.15, 0.2) is 12.2 Å². The van der Waals surface area contributed by atoms with Gasteiger partial charge in [-0.05, 0) is 31.6 Å². The highest BCUT2D eigenvalue weighted by Crippen LogP contribution is 2.45. The van der Waals surface area contributed by atoms with E-state index in [2.05, 4.69) is 12.2 Å². The zero-order valence-electron chi connectivity index (χ0n) is 6.15. The average Bonchev–Trinajstić information content (AvgIpc) is 2.08. The van der Waals surface area contributed by atoms with Gasteiger partial charge >= 0.3 is 0 Å².